The van der Waals surface area contributed by atoms with Gasteiger partial charge in [-0.3, -0.25) is 0 Å². The zero-order valence-electron chi connectivity index (χ0n) is 11.3. The highest BCUT2D eigenvalue weighted by molar-refractivity contribution is 5.49. The molecule has 0 aromatic heterocycles. The van der Waals surface area contributed by atoms with Crippen LogP contribution in [0, 0.1) is 0 Å². The number of azide groups is 1. The van der Waals surface area contributed by atoms with Crippen LogP contribution in [0.25, 0.3) is 10.4 Å². The Morgan fingerprint density at radius 3 is 2.61 bits per heavy atom. The van der Waals surface area contributed by atoms with Crippen molar-refractivity contribution in [3.63, 3.8) is 0 Å². The first-order chi connectivity index (χ1) is 8.50. The number of para-hydroxylation sites is 1. The maximum Gasteiger partial charge on any atom is 0.164 e. The van der Waals surface area contributed by atoms with Crippen molar-refractivity contribution >= 4 is 0 Å². The van der Waals surface area contributed by atoms with Crippen LogP contribution >= 0.6 is 0 Å². The predicted octanol–water partition coefficient (Wildman–Crippen LogP) is 3.68. The third-order valence-corrected chi connectivity index (χ3v) is 2.51. The molecule has 0 saturated carbocycles. The summed E-state index contributed by atoms with van der Waals surface area (Å²) in [6.07, 6.45) is 0. The van der Waals surface area contributed by atoms with Gasteiger partial charge in [-0.25, -0.2) is 0 Å². The SMILES string of the molecule is COc1cccc(C(C)(C)C)c1OCCN=[N+]=[N-]. The molecule has 1 rings (SSSR count). The molecule has 0 atom stereocenters. The topological polar surface area (TPSA) is 67.2 Å². The monoisotopic (exact) mass is 249 g/mol. The van der Waals surface area contributed by atoms with E-state index in [1.54, 1.807) is 7.11 Å². The van der Waals surface area contributed by atoms with Crippen LogP contribution in [0.4, 0.5) is 0 Å². The number of ether oxygens (including phenoxy) is 2. The standard InChI is InChI=1S/C13H19N3O2/c1-13(2,3)10-6-5-7-11(17-4)12(10)18-9-8-15-16-14/h5-7H,8-9H2,1-4H3. The van der Waals surface area contributed by atoms with Gasteiger partial charge in [0.2, 0.25) is 0 Å². The Kier molecular flexibility index (Phi) is 4.86. The van der Waals surface area contributed by atoms with E-state index >= 15 is 0 Å². The maximum absolute atomic E-state index is 8.23. The lowest BCUT2D eigenvalue weighted by Crippen LogP contribution is -2.15. The molecule has 98 valence electrons. The molecule has 18 heavy (non-hydrogen) atoms. The first kappa shape index (κ1) is 14.2. The van der Waals surface area contributed by atoms with Gasteiger partial charge in [-0.05, 0) is 17.0 Å². The fourth-order valence-corrected chi connectivity index (χ4v) is 1.65. The number of nitrogens with zero attached hydrogens (tertiary/aromatic N) is 3. The number of benzene rings is 1. The summed E-state index contributed by atoms with van der Waals surface area (Å²) < 4.78 is 11.0. The third kappa shape index (κ3) is 3.57. The second-order valence-corrected chi connectivity index (χ2v) is 4.89. The summed E-state index contributed by atoms with van der Waals surface area (Å²) >= 11 is 0. The lowest BCUT2D eigenvalue weighted by atomic mass is 9.86. The summed E-state index contributed by atoms with van der Waals surface area (Å²) in [4.78, 5) is 2.69. The van der Waals surface area contributed by atoms with Gasteiger partial charge in [-0.15, -0.1) is 0 Å². The molecule has 0 radical (unpaired) electrons. The predicted molar refractivity (Wildman–Crippen MR) is 71.2 cm³/mol. The molecule has 5 heteroatoms. The number of hydrogen-bond donors (Lipinski definition) is 0. The van der Waals surface area contributed by atoms with Crippen molar-refractivity contribution in [2.75, 3.05) is 20.3 Å². The van der Waals surface area contributed by atoms with Crippen molar-refractivity contribution in [1.29, 1.82) is 0 Å². The van der Waals surface area contributed by atoms with Gasteiger partial charge in [0.1, 0.15) is 0 Å². The van der Waals surface area contributed by atoms with E-state index in [0.29, 0.717) is 18.9 Å². The zero-order chi connectivity index (χ0) is 13.6. The summed E-state index contributed by atoms with van der Waals surface area (Å²) in [5.41, 5.74) is 9.26. The van der Waals surface area contributed by atoms with Gasteiger partial charge in [0, 0.05) is 10.5 Å². The van der Waals surface area contributed by atoms with Crippen molar-refractivity contribution in [2.45, 2.75) is 26.2 Å². The molecule has 0 fully saturated rings. The molecular formula is C13H19N3O2. The molecule has 0 heterocycles. The lowest BCUT2D eigenvalue weighted by Gasteiger charge is -2.24. The van der Waals surface area contributed by atoms with Crippen LogP contribution < -0.4 is 9.47 Å². The smallest absolute Gasteiger partial charge is 0.164 e. The maximum atomic E-state index is 8.23. The van der Waals surface area contributed by atoms with Crippen LogP contribution in [0.15, 0.2) is 23.3 Å². The highest BCUT2D eigenvalue weighted by atomic mass is 16.5. The quantitative estimate of drug-likeness (QED) is 0.345. The molecule has 1 aromatic carbocycles. The first-order valence-corrected chi connectivity index (χ1v) is 5.82. The fraction of sp³-hybridized carbons (Fsp3) is 0.538. The van der Waals surface area contributed by atoms with Crippen LogP contribution in [-0.2, 0) is 5.41 Å². The fourth-order valence-electron chi connectivity index (χ4n) is 1.65. The minimum absolute atomic E-state index is 0.0393. The number of hydrogen-bond acceptors (Lipinski definition) is 3. The Hall–Kier alpha value is -1.87. The van der Waals surface area contributed by atoms with Crippen LogP contribution in [0.3, 0.4) is 0 Å². The van der Waals surface area contributed by atoms with Gasteiger partial charge in [0.25, 0.3) is 0 Å². The molecule has 0 bridgehead atoms. The minimum Gasteiger partial charge on any atom is -0.493 e. The van der Waals surface area contributed by atoms with Gasteiger partial charge in [-0.2, -0.15) is 0 Å². The summed E-state index contributed by atoms with van der Waals surface area (Å²) in [5, 5.41) is 3.45. The normalized spacial score (nSPS) is 10.7. The van der Waals surface area contributed by atoms with Crippen molar-refractivity contribution in [3.8, 4) is 11.5 Å². The van der Waals surface area contributed by atoms with E-state index in [1.807, 2.05) is 18.2 Å². The Bertz CT molecular complexity index is 446. The molecule has 0 amide bonds. The van der Waals surface area contributed by atoms with E-state index in [2.05, 4.69) is 30.8 Å². The number of rotatable bonds is 5. The highest BCUT2D eigenvalue weighted by Crippen LogP contribution is 2.38. The lowest BCUT2D eigenvalue weighted by molar-refractivity contribution is 0.294. The molecule has 5 nitrogen and oxygen atoms in total. The number of methoxy groups -OCH3 is 1. The molecule has 0 unspecified atom stereocenters. The van der Waals surface area contributed by atoms with Crippen molar-refractivity contribution in [3.05, 3.63) is 34.2 Å². The average molecular weight is 249 g/mol. The molecule has 0 aliphatic rings. The van der Waals surface area contributed by atoms with Crippen LogP contribution in [-0.4, -0.2) is 20.3 Å². The summed E-state index contributed by atoms with van der Waals surface area (Å²) in [5.74, 6) is 1.42. The highest BCUT2D eigenvalue weighted by Gasteiger charge is 2.21. The van der Waals surface area contributed by atoms with E-state index in [4.69, 9.17) is 15.0 Å². The Labute approximate surface area is 107 Å². The van der Waals surface area contributed by atoms with E-state index in [1.165, 1.54) is 0 Å². The molecule has 0 N–H and O–H groups in total. The van der Waals surface area contributed by atoms with Crippen LogP contribution in [0.2, 0.25) is 0 Å². The zero-order valence-corrected chi connectivity index (χ0v) is 11.3. The molecule has 1 aromatic rings. The molecular weight excluding hydrogens is 230 g/mol. The van der Waals surface area contributed by atoms with Gasteiger partial charge >= 0.3 is 0 Å². The van der Waals surface area contributed by atoms with Gasteiger partial charge in [0.15, 0.2) is 11.5 Å². The second kappa shape index (κ2) is 6.17. The second-order valence-electron chi connectivity index (χ2n) is 4.89. The Balaban J connectivity index is 3.00. The van der Waals surface area contributed by atoms with E-state index in [0.717, 1.165) is 11.3 Å². The van der Waals surface area contributed by atoms with Gasteiger partial charge in [0.05, 0.1) is 20.3 Å². The summed E-state index contributed by atoms with van der Waals surface area (Å²) in [7, 11) is 1.61. The van der Waals surface area contributed by atoms with Crippen LogP contribution in [0.1, 0.15) is 26.3 Å². The molecule has 0 spiro atoms. The minimum atomic E-state index is -0.0393. The summed E-state index contributed by atoms with van der Waals surface area (Å²) in [6, 6.07) is 5.82. The van der Waals surface area contributed by atoms with Crippen molar-refractivity contribution in [1.82, 2.24) is 0 Å². The van der Waals surface area contributed by atoms with Crippen molar-refractivity contribution in [2.24, 2.45) is 5.11 Å². The van der Waals surface area contributed by atoms with E-state index in [-0.39, 0.29) is 5.41 Å². The average Bonchev–Trinajstić information content (AvgIpc) is 2.33. The third-order valence-electron chi connectivity index (χ3n) is 2.51. The molecule has 0 saturated heterocycles. The Morgan fingerprint density at radius 1 is 1.33 bits per heavy atom. The van der Waals surface area contributed by atoms with E-state index in [9.17, 15) is 0 Å². The summed E-state index contributed by atoms with van der Waals surface area (Å²) in [6.45, 7) is 6.98. The van der Waals surface area contributed by atoms with Crippen LogP contribution in [0.5, 0.6) is 11.5 Å². The largest absolute Gasteiger partial charge is 0.493 e. The first-order valence-electron chi connectivity index (χ1n) is 5.82. The Morgan fingerprint density at radius 2 is 2.06 bits per heavy atom. The van der Waals surface area contributed by atoms with Gasteiger partial charge in [-0.1, -0.05) is 38.0 Å². The molecule has 0 aliphatic carbocycles. The molecule has 0 aliphatic heterocycles. The van der Waals surface area contributed by atoms with Crippen molar-refractivity contribution < 1.29 is 9.47 Å². The van der Waals surface area contributed by atoms with Gasteiger partial charge < -0.3 is 9.47 Å². The van der Waals surface area contributed by atoms with E-state index < -0.39 is 0 Å².